The standard InChI is InChI=1S/C23H29ClN6O2/c1-14(29(3)21(31)17-7-5-6-8-17)16-9-11-18(12-10-16)26-19-13-25-23-27-22(24)28-30(23)20(19)15(2)32-4/h9-15,17,26H,5-8H2,1-4H3/t14?,15-/m0/s1. The van der Waals surface area contributed by atoms with Crippen LogP contribution in [0.4, 0.5) is 11.4 Å². The summed E-state index contributed by atoms with van der Waals surface area (Å²) in [5.41, 5.74) is 3.51. The summed E-state index contributed by atoms with van der Waals surface area (Å²) >= 11 is 5.98. The van der Waals surface area contributed by atoms with Gasteiger partial charge in [-0.05, 0) is 56.0 Å². The Labute approximate surface area is 192 Å². The molecule has 9 heteroatoms. The predicted molar refractivity (Wildman–Crippen MR) is 124 cm³/mol. The Morgan fingerprint density at radius 1 is 1.25 bits per heavy atom. The number of hydrogen-bond acceptors (Lipinski definition) is 6. The number of anilines is 2. The SMILES string of the molecule is CO[C@@H](C)c1c(Nc2ccc(C(C)N(C)C(=O)C3CCCC3)cc2)cnc2nc(Cl)nn12. The van der Waals surface area contributed by atoms with Crippen LogP contribution in [0.2, 0.25) is 5.28 Å². The van der Waals surface area contributed by atoms with Crippen molar-refractivity contribution in [2.24, 2.45) is 5.92 Å². The molecule has 0 saturated heterocycles. The summed E-state index contributed by atoms with van der Waals surface area (Å²) in [6.45, 7) is 4.00. The number of nitrogens with zero attached hydrogens (tertiary/aromatic N) is 5. The molecule has 170 valence electrons. The van der Waals surface area contributed by atoms with Crippen LogP contribution in [0.15, 0.2) is 30.5 Å². The van der Waals surface area contributed by atoms with Crippen LogP contribution in [0, 0.1) is 5.92 Å². The minimum absolute atomic E-state index is 0.0107. The van der Waals surface area contributed by atoms with Gasteiger partial charge in [-0.25, -0.2) is 4.98 Å². The average molecular weight is 457 g/mol. The van der Waals surface area contributed by atoms with Crippen LogP contribution < -0.4 is 5.32 Å². The summed E-state index contributed by atoms with van der Waals surface area (Å²) in [5.74, 6) is 0.845. The molecule has 0 aliphatic heterocycles. The number of rotatable bonds is 7. The van der Waals surface area contributed by atoms with E-state index in [1.54, 1.807) is 17.8 Å². The summed E-state index contributed by atoms with van der Waals surface area (Å²) in [6.07, 6.45) is 5.78. The molecule has 0 bridgehead atoms. The quantitative estimate of drug-likeness (QED) is 0.542. The fourth-order valence-corrected chi connectivity index (χ4v) is 4.45. The molecule has 4 rings (SSSR count). The Morgan fingerprint density at radius 2 is 1.94 bits per heavy atom. The third-order valence-electron chi connectivity index (χ3n) is 6.42. The smallest absolute Gasteiger partial charge is 0.253 e. The van der Waals surface area contributed by atoms with Crippen LogP contribution in [-0.4, -0.2) is 44.5 Å². The molecular weight excluding hydrogens is 428 g/mol. The second kappa shape index (κ2) is 9.42. The minimum atomic E-state index is -0.254. The molecule has 1 aliphatic carbocycles. The van der Waals surface area contributed by atoms with Gasteiger partial charge in [0, 0.05) is 25.8 Å². The Hall–Kier alpha value is -2.71. The fourth-order valence-electron chi connectivity index (χ4n) is 4.30. The number of ether oxygens (including phenoxy) is 1. The van der Waals surface area contributed by atoms with Gasteiger partial charge in [0.2, 0.25) is 11.2 Å². The molecule has 3 aromatic rings. The summed E-state index contributed by atoms with van der Waals surface area (Å²) in [6, 6.07) is 8.10. The zero-order valence-corrected chi connectivity index (χ0v) is 19.6. The Bertz CT molecular complexity index is 1090. The lowest BCUT2D eigenvalue weighted by Gasteiger charge is -2.28. The Kier molecular flexibility index (Phi) is 6.62. The Morgan fingerprint density at radius 3 is 2.59 bits per heavy atom. The maximum absolute atomic E-state index is 12.8. The molecule has 32 heavy (non-hydrogen) atoms. The van der Waals surface area contributed by atoms with Gasteiger partial charge in [-0.1, -0.05) is 25.0 Å². The number of methoxy groups -OCH3 is 1. The number of amides is 1. The molecule has 1 fully saturated rings. The van der Waals surface area contributed by atoms with E-state index in [1.165, 1.54) is 0 Å². The number of benzene rings is 1. The first-order valence-corrected chi connectivity index (χ1v) is 11.3. The highest BCUT2D eigenvalue weighted by Crippen LogP contribution is 2.31. The lowest BCUT2D eigenvalue weighted by molar-refractivity contribution is -0.135. The zero-order chi connectivity index (χ0) is 22.8. The topological polar surface area (TPSA) is 84.6 Å². The number of halogens is 1. The van der Waals surface area contributed by atoms with Crippen molar-refractivity contribution >= 4 is 34.7 Å². The third-order valence-corrected chi connectivity index (χ3v) is 6.58. The van der Waals surface area contributed by atoms with Crippen LogP contribution in [0.3, 0.4) is 0 Å². The second-order valence-electron chi connectivity index (χ2n) is 8.38. The molecule has 2 atom stereocenters. The first-order valence-electron chi connectivity index (χ1n) is 11.0. The average Bonchev–Trinajstić information content (AvgIpc) is 3.46. The number of hydrogen-bond donors (Lipinski definition) is 1. The van der Waals surface area contributed by atoms with Crippen LogP contribution >= 0.6 is 11.6 Å². The maximum atomic E-state index is 12.8. The van der Waals surface area contributed by atoms with Gasteiger partial charge >= 0.3 is 0 Å². The predicted octanol–water partition coefficient (Wildman–Crippen LogP) is 4.94. The molecular formula is C23H29ClN6O2. The van der Waals surface area contributed by atoms with Crippen molar-refractivity contribution in [3.63, 3.8) is 0 Å². The van der Waals surface area contributed by atoms with Crippen LogP contribution in [0.1, 0.15) is 62.9 Å². The summed E-state index contributed by atoms with van der Waals surface area (Å²) in [4.78, 5) is 23.1. The summed E-state index contributed by atoms with van der Waals surface area (Å²) in [7, 11) is 3.54. The third kappa shape index (κ3) is 4.42. The largest absolute Gasteiger partial charge is 0.375 e. The van der Waals surface area contributed by atoms with Gasteiger partial charge in [-0.15, -0.1) is 5.10 Å². The molecule has 1 aliphatic rings. The van der Waals surface area contributed by atoms with Crippen molar-refractivity contribution in [2.45, 2.75) is 51.7 Å². The summed E-state index contributed by atoms with van der Waals surface area (Å²) in [5, 5.41) is 7.77. The number of aromatic nitrogens is 4. The van der Waals surface area contributed by atoms with Crippen LogP contribution in [0.25, 0.3) is 5.78 Å². The number of carbonyl (C=O) groups is 1. The van der Waals surface area contributed by atoms with Gasteiger partial charge < -0.3 is 15.0 Å². The van der Waals surface area contributed by atoms with Crippen LogP contribution in [0.5, 0.6) is 0 Å². The van der Waals surface area contributed by atoms with E-state index in [9.17, 15) is 4.79 Å². The van der Waals surface area contributed by atoms with Gasteiger partial charge in [-0.2, -0.15) is 9.50 Å². The zero-order valence-electron chi connectivity index (χ0n) is 18.9. The highest BCUT2D eigenvalue weighted by molar-refractivity contribution is 6.28. The van der Waals surface area contributed by atoms with Crippen molar-refractivity contribution in [2.75, 3.05) is 19.5 Å². The highest BCUT2D eigenvalue weighted by atomic mass is 35.5. The van der Waals surface area contributed by atoms with E-state index in [0.29, 0.717) is 5.78 Å². The van der Waals surface area contributed by atoms with E-state index < -0.39 is 0 Å². The molecule has 2 aromatic heterocycles. The molecule has 1 amide bonds. The molecule has 1 unspecified atom stereocenters. The molecule has 0 spiro atoms. The van der Waals surface area contributed by atoms with E-state index in [-0.39, 0.29) is 29.3 Å². The molecule has 0 radical (unpaired) electrons. The van der Waals surface area contributed by atoms with Crippen molar-refractivity contribution in [3.05, 3.63) is 47.0 Å². The van der Waals surface area contributed by atoms with E-state index in [0.717, 1.165) is 48.3 Å². The molecule has 1 N–H and O–H groups in total. The lowest BCUT2D eigenvalue weighted by atomic mass is 10.0. The van der Waals surface area contributed by atoms with Gasteiger partial charge in [0.1, 0.15) is 0 Å². The maximum Gasteiger partial charge on any atom is 0.253 e. The van der Waals surface area contributed by atoms with E-state index in [2.05, 4.69) is 27.3 Å². The van der Waals surface area contributed by atoms with Crippen molar-refractivity contribution in [1.82, 2.24) is 24.5 Å². The second-order valence-corrected chi connectivity index (χ2v) is 8.72. The van der Waals surface area contributed by atoms with Gasteiger partial charge in [0.15, 0.2) is 0 Å². The normalized spacial score (nSPS) is 16.3. The van der Waals surface area contributed by atoms with E-state index in [1.807, 2.05) is 43.1 Å². The monoisotopic (exact) mass is 456 g/mol. The molecule has 2 heterocycles. The van der Waals surface area contributed by atoms with Crippen molar-refractivity contribution in [3.8, 4) is 0 Å². The van der Waals surface area contributed by atoms with Gasteiger partial charge in [0.05, 0.1) is 29.7 Å². The number of carbonyl (C=O) groups excluding carboxylic acids is 1. The first-order chi connectivity index (χ1) is 15.4. The van der Waals surface area contributed by atoms with Crippen molar-refractivity contribution < 1.29 is 9.53 Å². The summed E-state index contributed by atoms with van der Waals surface area (Å²) < 4.78 is 7.13. The Balaban J connectivity index is 1.53. The van der Waals surface area contributed by atoms with Crippen LogP contribution in [-0.2, 0) is 9.53 Å². The molecule has 8 nitrogen and oxygen atoms in total. The van der Waals surface area contributed by atoms with Crippen molar-refractivity contribution in [1.29, 1.82) is 0 Å². The lowest BCUT2D eigenvalue weighted by Crippen LogP contribution is -2.34. The molecule has 1 aromatic carbocycles. The highest BCUT2D eigenvalue weighted by Gasteiger charge is 2.28. The first kappa shape index (κ1) is 22.5. The molecule has 1 saturated carbocycles. The number of nitrogens with one attached hydrogen (secondary N) is 1. The van der Waals surface area contributed by atoms with Gasteiger partial charge in [0.25, 0.3) is 5.78 Å². The van der Waals surface area contributed by atoms with E-state index >= 15 is 0 Å². The van der Waals surface area contributed by atoms with Gasteiger partial charge in [-0.3, -0.25) is 4.79 Å². The minimum Gasteiger partial charge on any atom is -0.375 e. The number of fused-ring (bicyclic) bond motifs is 1. The fraction of sp³-hybridized carbons (Fsp3) is 0.478. The van der Waals surface area contributed by atoms with E-state index in [4.69, 9.17) is 16.3 Å².